The van der Waals surface area contributed by atoms with Gasteiger partial charge >= 0.3 is 0 Å². The summed E-state index contributed by atoms with van der Waals surface area (Å²) < 4.78 is 10.4. The van der Waals surface area contributed by atoms with Gasteiger partial charge in [-0.2, -0.15) is 0 Å². The van der Waals surface area contributed by atoms with Crippen molar-refractivity contribution in [1.82, 2.24) is 5.32 Å². The van der Waals surface area contributed by atoms with E-state index in [0.29, 0.717) is 11.5 Å². The van der Waals surface area contributed by atoms with E-state index in [2.05, 4.69) is 10.6 Å². The summed E-state index contributed by atoms with van der Waals surface area (Å²) in [7, 11) is 3.13. The van der Waals surface area contributed by atoms with Gasteiger partial charge in [0.25, 0.3) is 0 Å². The van der Waals surface area contributed by atoms with Crippen LogP contribution in [0.25, 0.3) is 6.08 Å². The molecule has 0 heterocycles. The fraction of sp³-hybridized carbons (Fsp3) is 0.158. The second kappa shape index (κ2) is 8.84. The van der Waals surface area contributed by atoms with E-state index in [0.717, 1.165) is 16.8 Å². The summed E-state index contributed by atoms with van der Waals surface area (Å²) in [6, 6.07) is 13.1. The first-order chi connectivity index (χ1) is 12.0. The quantitative estimate of drug-likeness (QED) is 0.634. The van der Waals surface area contributed by atoms with Crippen molar-refractivity contribution >= 4 is 35.0 Å². The summed E-state index contributed by atoms with van der Waals surface area (Å²) >= 11 is 5.13. The number of hydrogen-bond donors (Lipinski definition) is 2. The number of ether oxygens (including phenoxy) is 2. The predicted octanol–water partition coefficient (Wildman–Crippen LogP) is 3.54. The van der Waals surface area contributed by atoms with Crippen LogP contribution >= 0.6 is 12.2 Å². The molecule has 2 rings (SSSR count). The molecule has 0 saturated heterocycles. The van der Waals surface area contributed by atoms with E-state index in [1.807, 2.05) is 37.3 Å². The lowest BCUT2D eigenvalue weighted by Crippen LogP contribution is -2.32. The molecule has 0 saturated carbocycles. The van der Waals surface area contributed by atoms with Gasteiger partial charge in [0.1, 0.15) is 0 Å². The highest BCUT2D eigenvalue weighted by Crippen LogP contribution is 2.27. The first-order valence-corrected chi connectivity index (χ1v) is 8.01. The molecule has 0 radical (unpaired) electrons. The lowest BCUT2D eigenvalue weighted by molar-refractivity contribution is -0.115. The maximum atomic E-state index is 12.0. The lowest BCUT2D eigenvalue weighted by Gasteiger charge is -2.09. The number of carbonyl (C=O) groups is 1. The fourth-order valence-electron chi connectivity index (χ4n) is 2.08. The van der Waals surface area contributed by atoms with Crippen molar-refractivity contribution in [1.29, 1.82) is 0 Å². The zero-order chi connectivity index (χ0) is 18.2. The smallest absolute Gasteiger partial charge is 0.250 e. The van der Waals surface area contributed by atoms with E-state index in [1.54, 1.807) is 32.4 Å². The van der Waals surface area contributed by atoms with Crippen molar-refractivity contribution in [3.63, 3.8) is 0 Å². The number of hydrogen-bond acceptors (Lipinski definition) is 4. The maximum absolute atomic E-state index is 12.0. The van der Waals surface area contributed by atoms with E-state index < -0.39 is 0 Å². The number of nitrogens with one attached hydrogen (secondary N) is 2. The summed E-state index contributed by atoms with van der Waals surface area (Å²) in [5.74, 6) is 0.911. The van der Waals surface area contributed by atoms with Gasteiger partial charge in [0.05, 0.1) is 14.2 Å². The van der Waals surface area contributed by atoms with E-state index >= 15 is 0 Å². The molecule has 25 heavy (non-hydrogen) atoms. The molecular weight excluding hydrogens is 336 g/mol. The number of amides is 1. The summed E-state index contributed by atoms with van der Waals surface area (Å²) in [6.07, 6.45) is 3.08. The molecule has 130 valence electrons. The third kappa shape index (κ3) is 5.61. The maximum Gasteiger partial charge on any atom is 0.250 e. The first-order valence-electron chi connectivity index (χ1n) is 7.60. The van der Waals surface area contributed by atoms with Gasteiger partial charge in [0.15, 0.2) is 16.6 Å². The number of benzene rings is 2. The predicted molar refractivity (Wildman–Crippen MR) is 104 cm³/mol. The zero-order valence-corrected chi connectivity index (χ0v) is 15.1. The Kier molecular flexibility index (Phi) is 6.54. The van der Waals surface area contributed by atoms with Crippen molar-refractivity contribution in [2.45, 2.75) is 6.92 Å². The molecule has 5 nitrogen and oxygen atoms in total. The Hall–Kier alpha value is -2.86. The molecule has 2 aromatic carbocycles. The fourth-order valence-corrected chi connectivity index (χ4v) is 2.30. The molecule has 2 N–H and O–H groups in total. The average Bonchev–Trinajstić information content (AvgIpc) is 2.61. The molecule has 0 spiro atoms. The van der Waals surface area contributed by atoms with Crippen molar-refractivity contribution < 1.29 is 14.3 Å². The highest BCUT2D eigenvalue weighted by molar-refractivity contribution is 7.80. The third-order valence-electron chi connectivity index (χ3n) is 3.38. The van der Waals surface area contributed by atoms with E-state index in [9.17, 15) is 4.79 Å². The van der Waals surface area contributed by atoms with Crippen LogP contribution in [-0.4, -0.2) is 25.2 Å². The van der Waals surface area contributed by atoms with Crippen LogP contribution in [0, 0.1) is 6.92 Å². The largest absolute Gasteiger partial charge is 0.493 e. The van der Waals surface area contributed by atoms with Crippen LogP contribution in [0.3, 0.4) is 0 Å². The molecule has 0 aliphatic heterocycles. The third-order valence-corrected chi connectivity index (χ3v) is 3.59. The Morgan fingerprint density at radius 2 is 1.72 bits per heavy atom. The van der Waals surface area contributed by atoms with Crippen LogP contribution in [0.4, 0.5) is 5.69 Å². The number of anilines is 1. The lowest BCUT2D eigenvalue weighted by atomic mass is 10.2. The van der Waals surface area contributed by atoms with Crippen molar-refractivity contribution in [2.75, 3.05) is 19.5 Å². The second-order valence-electron chi connectivity index (χ2n) is 5.26. The summed E-state index contributed by atoms with van der Waals surface area (Å²) in [6.45, 7) is 2.00. The molecular formula is C19H20N2O3S. The normalized spacial score (nSPS) is 10.4. The van der Waals surface area contributed by atoms with E-state index in [1.165, 1.54) is 6.08 Å². The molecule has 2 aromatic rings. The first kappa shape index (κ1) is 18.5. The summed E-state index contributed by atoms with van der Waals surface area (Å²) in [5.41, 5.74) is 2.78. The van der Waals surface area contributed by atoms with Crippen molar-refractivity contribution in [2.24, 2.45) is 0 Å². The molecule has 0 aliphatic rings. The topological polar surface area (TPSA) is 59.6 Å². The number of methoxy groups -OCH3 is 2. The molecule has 0 unspecified atom stereocenters. The molecule has 6 heteroatoms. The SMILES string of the molecule is COc1ccc(C=CC(=O)NC(=S)Nc2ccc(C)cc2)cc1OC. The molecule has 0 aromatic heterocycles. The Morgan fingerprint density at radius 1 is 1.04 bits per heavy atom. The Bertz CT molecular complexity index is 786. The standard InChI is InChI=1S/C19H20N2O3S/c1-13-4-8-15(9-5-13)20-19(25)21-18(22)11-7-14-6-10-16(23-2)17(12-14)24-3/h4-12H,1-3H3,(H2,20,21,22,25). The molecule has 0 fully saturated rings. The summed E-state index contributed by atoms with van der Waals surface area (Å²) in [5, 5.41) is 5.81. The van der Waals surface area contributed by atoms with Crippen LogP contribution in [0.15, 0.2) is 48.5 Å². The highest BCUT2D eigenvalue weighted by atomic mass is 32.1. The minimum Gasteiger partial charge on any atom is -0.493 e. The van der Waals surface area contributed by atoms with Crippen LogP contribution in [0.5, 0.6) is 11.5 Å². The minimum absolute atomic E-state index is 0.241. The van der Waals surface area contributed by atoms with Crippen LogP contribution in [-0.2, 0) is 4.79 Å². The van der Waals surface area contributed by atoms with Gasteiger partial charge in [0.2, 0.25) is 5.91 Å². The Balaban J connectivity index is 1.93. The monoisotopic (exact) mass is 356 g/mol. The van der Waals surface area contributed by atoms with E-state index in [-0.39, 0.29) is 11.0 Å². The van der Waals surface area contributed by atoms with Gasteiger partial charge in [-0.3, -0.25) is 10.1 Å². The Morgan fingerprint density at radius 3 is 2.36 bits per heavy atom. The van der Waals surface area contributed by atoms with Gasteiger partial charge in [0, 0.05) is 11.8 Å². The van der Waals surface area contributed by atoms with Gasteiger partial charge in [-0.25, -0.2) is 0 Å². The second-order valence-corrected chi connectivity index (χ2v) is 5.67. The van der Waals surface area contributed by atoms with Gasteiger partial charge in [-0.1, -0.05) is 23.8 Å². The highest BCUT2D eigenvalue weighted by Gasteiger charge is 2.04. The van der Waals surface area contributed by atoms with Gasteiger partial charge in [-0.05, 0) is 55.0 Å². The number of carbonyl (C=O) groups excluding carboxylic acids is 1. The van der Waals surface area contributed by atoms with E-state index in [4.69, 9.17) is 21.7 Å². The van der Waals surface area contributed by atoms with Crippen LogP contribution < -0.4 is 20.1 Å². The van der Waals surface area contributed by atoms with Crippen LogP contribution in [0.2, 0.25) is 0 Å². The average molecular weight is 356 g/mol. The molecule has 0 atom stereocenters. The molecule has 0 bridgehead atoms. The zero-order valence-electron chi connectivity index (χ0n) is 14.3. The van der Waals surface area contributed by atoms with Gasteiger partial charge in [-0.15, -0.1) is 0 Å². The number of thiocarbonyl (C=S) groups is 1. The Labute approximate surface area is 152 Å². The van der Waals surface area contributed by atoms with Crippen molar-refractivity contribution in [3.05, 3.63) is 59.7 Å². The van der Waals surface area contributed by atoms with Gasteiger partial charge < -0.3 is 14.8 Å². The number of rotatable bonds is 5. The van der Waals surface area contributed by atoms with Crippen LogP contribution in [0.1, 0.15) is 11.1 Å². The minimum atomic E-state index is -0.320. The summed E-state index contributed by atoms with van der Waals surface area (Å²) in [4.78, 5) is 12.0. The van der Waals surface area contributed by atoms with Crippen molar-refractivity contribution in [3.8, 4) is 11.5 Å². The number of aryl methyl sites for hydroxylation is 1. The molecule has 1 amide bonds. The molecule has 0 aliphatic carbocycles.